The fourth-order valence-electron chi connectivity index (χ4n) is 2.68. The summed E-state index contributed by atoms with van der Waals surface area (Å²) in [5, 5.41) is 14.0. The maximum atomic E-state index is 9.37. The molecule has 0 saturated carbocycles. The summed E-state index contributed by atoms with van der Waals surface area (Å²) in [6, 6.07) is 9.69. The average molecular weight is 467 g/mol. The molecule has 1 aliphatic rings. The lowest BCUT2D eigenvalue weighted by Crippen LogP contribution is -2.33. The van der Waals surface area contributed by atoms with E-state index in [-0.39, 0.29) is 12.0 Å². The van der Waals surface area contributed by atoms with E-state index in [2.05, 4.69) is 28.1 Å². The van der Waals surface area contributed by atoms with Gasteiger partial charge in [0.2, 0.25) is 0 Å². The van der Waals surface area contributed by atoms with Gasteiger partial charge in [0.1, 0.15) is 11.1 Å². The van der Waals surface area contributed by atoms with Crippen molar-refractivity contribution in [2.45, 2.75) is 19.2 Å². The van der Waals surface area contributed by atoms with E-state index in [0.717, 1.165) is 22.9 Å². The highest BCUT2D eigenvalue weighted by molar-refractivity contribution is 7.99. The Balaban J connectivity index is 1.71. The predicted molar refractivity (Wildman–Crippen MR) is 128 cm³/mol. The second kappa shape index (κ2) is 9.59. The Labute approximate surface area is 190 Å². The number of nitrogens with one attached hydrogen (secondary N) is 1. The van der Waals surface area contributed by atoms with Crippen molar-refractivity contribution < 1.29 is 9.84 Å². The molecule has 0 bridgehead atoms. The number of thiocarbonyl (C=S) groups is 1. The maximum Gasteiger partial charge on any atom is 0.174 e. The number of thioether (sulfide) groups is 1. The molecule has 4 nitrogen and oxygen atoms in total. The number of aliphatic hydroxyl groups excluding tert-OH is 1. The highest BCUT2D eigenvalue weighted by Gasteiger charge is 2.30. The third-order valence-electron chi connectivity index (χ3n) is 4.34. The molecular weight excluding hydrogens is 444 g/mol. The van der Waals surface area contributed by atoms with Crippen LogP contribution in [0.5, 0.6) is 5.75 Å². The number of aliphatic hydroxyl groups is 1. The van der Waals surface area contributed by atoms with E-state index >= 15 is 0 Å². The Morgan fingerprint density at radius 2 is 2.21 bits per heavy atom. The Kier molecular flexibility index (Phi) is 7.36. The molecule has 0 spiro atoms. The Morgan fingerprint density at radius 3 is 2.90 bits per heavy atom. The lowest BCUT2D eigenvalue weighted by Gasteiger charge is -2.26. The standard InChI is InChI=1S/C21H23ClN2O2S3/c1-21(2,13-25)9-8-15-5-7-18(29-15)19-24(10-11-28-19)20(27)23-14-4-6-17(26-3)16(22)12-14/h4-7,12,19,25H,10-11,13H2,1-3H3,(H,23,27). The summed E-state index contributed by atoms with van der Waals surface area (Å²) in [6.07, 6.45) is 0. The highest BCUT2D eigenvalue weighted by atomic mass is 35.5. The number of hydrogen-bond donors (Lipinski definition) is 2. The summed E-state index contributed by atoms with van der Waals surface area (Å²) < 4.78 is 5.20. The molecule has 0 aliphatic carbocycles. The van der Waals surface area contributed by atoms with E-state index in [1.54, 1.807) is 18.4 Å². The van der Waals surface area contributed by atoms with Crippen molar-refractivity contribution in [1.82, 2.24) is 4.90 Å². The van der Waals surface area contributed by atoms with Crippen LogP contribution in [0.15, 0.2) is 30.3 Å². The minimum atomic E-state index is -0.399. The lowest BCUT2D eigenvalue weighted by molar-refractivity contribution is 0.207. The van der Waals surface area contributed by atoms with Gasteiger partial charge in [-0.3, -0.25) is 0 Å². The fourth-order valence-corrected chi connectivity index (χ4v) is 5.68. The summed E-state index contributed by atoms with van der Waals surface area (Å²) in [4.78, 5) is 4.41. The topological polar surface area (TPSA) is 44.7 Å². The van der Waals surface area contributed by atoms with Crippen molar-refractivity contribution in [3.05, 3.63) is 45.1 Å². The van der Waals surface area contributed by atoms with E-state index in [0.29, 0.717) is 15.9 Å². The van der Waals surface area contributed by atoms with E-state index in [9.17, 15) is 5.11 Å². The number of halogens is 1. The summed E-state index contributed by atoms with van der Waals surface area (Å²) in [7, 11) is 1.59. The molecule has 154 valence electrons. The number of hydrogen-bond acceptors (Lipinski definition) is 5. The number of benzene rings is 1. The van der Waals surface area contributed by atoms with E-state index in [1.165, 1.54) is 4.88 Å². The first-order valence-electron chi connectivity index (χ1n) is 9.09. The van der Waals surface area contributed by atoms with Gasteiger partial charge in [0.25, 0.3) is 0 Å². The molecule has 2 heterocycles. The third-order valence-corrected chi connectivity index (χ3v) is 7.42. The van der Waals surface area contributed by atoms with Gasteiger partial charge < -0.3 is 20.1 Å². The molecule has 8 heteroatoms. The first-order valence-corrected chi connectivity index (χ1v) is 11.7. The number of thiophene rings is 1. The molecule has 29 heavy (non-hydrogen) atoms. The van der Waals surface area contributed by atoms with Gasteiger partial charge in [0, 0.05) is 28.3 Å². The summed E-state index contributed by atoms with van der Waals surface area (Å²) in [6.45, 7) is 4.78. The van der Waals surface area contributed by atoms with Gasteiger partial charge >= 0.3 is 0 Å². The molecule has 1 fully saturated rings. The smallest absolute Gasteiger partial charge is 0.174 e. The number of ether oxygens (including phenoxy) is 1. The van der Waals surface area contributed by atoms with Crippen LogP contribution in [0.4, 0.5) is 5.69 Å². The fraction of sp³-hybridized carbons (Fsp3) is 0.381. The van der Waals surface area contributed by atoms with Crippen LogP contribution in [0.1, 0.15) is 29.0 Å². The Hall–Kier alpha value is -1.43. The first-order chi connectivity index (χ1) is 13.8. The Morgan fingerprint density at radius 1 is 1.41 bits per heavy atom. The minimum absolute atomic E-state index is 0.0415. The van der Waals surface area contributed by atoms with Crippen LogP contribution in [-0.2, 0) is 0 Å². The Bertz CT molecular complexity index is 949. The molecule has 3 rings (SSSR count). The molecule has 1 aliphatic heterocycles. The normalized spacial score (nSPS) is 16.3. The molecule has 1 aromatic heterocycles. The van der Waals surface area contributed by atoms with Crippen molar-refractivity contribution >= 4 is 57.7 Å². The van der Waals surface area contributed by atoms with E-state index < -0.39 is 5.41 Å². The molecule has 0 radical (unpaired) electrons. The molecular formula is C21H23ClN2O2S3. The molecule has 1 aromatic carbocycles. The zero-order chi connectivity index (χ0) is 21.0. The monoisotopic (exact) mass is 466 g/mol. The van der Waals surface area contributed by atoms with Gasteiger partial charge in [0.05, 0.1) is 23.6 Å². The molecule has 0 amide bonds. The SMILES string of the molecule is COc1ccc(NC(=S)N2CCSC2c2ccc(C#CC(C)(C)CO)s2)cc1Cl. The van der Waals surface area contributed by atoms with Gasteiger partial charge in [-0.1, -0.05) is 23.4 Å². The van der Waals surface area contributed by atoms with Gasteiger partial charge in [-0.2, -0.15) is 0 Å². The molecule has 1 saturated heterocycles. The number of nitrogens with zero attached hydrogens (tertiary/aromatic N) is 1. The second-order valence-corrected chi connectivity index (χ2v) is 10.3. The van der Waals surface area contributed by atoms with Crippen molar-refractivity contribution in [1.29, 1.82) is 0 Å². The third kappa shape index (κ3) is 5.59. The summed E-state index contributed by atoms with van der Waals surface area (Å²) in [5.41, 5.74) is 0.434. The van der Waals surface area contributed by atoms with Gasteiger partial charge in [0.15, 0.2) is 5.11 Å². The quantitative estimate of drug-likeness (QED) is 0.475. The van der Waals surface area contributed by atoms with Crippen LogP contribution in [0.25, 0.3) is 0 Å². The molecule has 1 unspecified atom stereocenters. The number of anilines is 1. The van der Waals surface area contributed by atoms with E-state index in [1.807, 2.05) is 49.9 Å². The van der Waals surface area contributed by atoms with Crippen LogP contribution in [-0.4, -0.2) is 41.1 Å². The minimum Gasteiger partial charge on any atom is -0.495 e. The van der Waals surface area contributed by atoms with Crippen LogP contribution in [0, 0.1) is 17.3 Å². The van der Waals surface area contributed by atoms with Crippen LogP contribution < -0.4 is 10.1 Å². The van der Waals surface area contributed by atoms with Crippen LogP contribution in [0.2, 0.25) is 5.02 Å². The molecule has 1 atom stereocenters. The highest BCUT2D eigenvalue weighted by Crippen LogP contribution is 2.41. The number of rotatable bonds is 4. The van der Waals surface area contributed by atoms with E-state index in [4.69, 9.17) is 28.6 Å². The second-order valence-electron chi connectivity index (χ2n) is 7.19. The summed E-state index contributed by atoms with van der Waals surface area (Å²) >= 11 is 15.4. The van der Waals surface area contributed by atoms with Crippen molar-refractivity contribution in [2.75, 3.05) is 31.3 Å². The largest absolute Gasteiger partial charge is 0.495 e. The van der Waals surface area contributed by atoms with Gasteiger partial charge in [-0.25, -0.2) is 0 Å². The molecule has 2 N–H and O–H groups in total. The average Bonchev–Trinajstić information content (AvgIpc) is 3.36. The van der Waals surface area contributed by atoms with Crippen molar-refractivity contribution in [2.24, 2.45) is 5.41 Å². The summed E-state index contributed by atoms with van der Waals surface area (Å²) in [5.74, 6) is 7.97. The van der Waals surface area contributed by atoms with Crippen molar-refractivity contribution in [3.8, 4) is 17.6 Å². The number of methoxy groups -OCH3 is 1. The maximum absolute atomic E-state index is 9.37. The predicted octanol–water partition coefficient (Wildman–Crippen LogP) is 5.22. The van der Waals surface area contributed by atoms with Crippen molar-refractivity contribution in [3.63, 3.8) is 0 Å². The first kappa shape index (κ1) is 22.3. The lowest BCUT2D eigenvalue weighted by atomic mass is 9.96. The van der Waals surface area contributed by atoms with Crippen LogP contribution in [0.3, 0.4) is 0 Å². The zero-order valence-corrected chi connectivity index (χ0v) is 19.7. The zero-order valence-electron chi connectivity index (χ0n) is 16.5. The van der Waals surface area contributed by atoms with Gasteiger partial charge in [-0.05, 0) is 56.4 Å². The molecule has 2 aromatic rings. The van der Waals surface area contributed by atoms with Gasteiger partial charge in [-0.15, -0.1) is 23.1 Å². The van der Waals surface area contributed by atoms with Crippen LogP contribution >= 0.6 is 46.9 Å².